The first-order valence-electron chi connectivity index (χ1n) is 15.3. The molecule has 0 radical (unpaired) electrons. The molecule has 0 aliphatic heterocycles. The Bertz CT molecular complexity index is 1520. The van der Waals surface area contributed by atoms with Crippen molar-refractivity contribution in [2.45, 2.75) is 64.8 Å². The van der Waals surface area contributed by atoms with Gasteiger partial charge in [-0.05, 0) is 72.3 Å². The van der Waals surface area contributed by atoms with Gasteiger partial charge in [-0.2, -0.15) is 0 Å². The molecule has 0 unspecified atom stereocenters. The standard InChI is InChI=1S/C40H42Si/c1-27(2)30-14-11-17-33(24-30)41(34-18-12-15-31(25-34)28(3)4,35-19-13-16-32(26-35)29(5)6)40-38-22-9-7-20-36(38)37-21-8-10-23-39(37)40/h7-29,40H,1-6H3. The van der Waals surface area contributed by atoms with Gasteiger partial charge < -0.3 is 0 Å². The molecule has 1 aliphatic carbocycles. The Morgan fingerprint density at radius 2 is 0.756 bits per heavy atom. The highest BCUT2D eigenvalue weighted by molar-refractivity contribution is 7.12. The molecule has 0 nitrogen and oxygen atoms in total. The van der Waals surface area contributed by atoms with Gasteiger partial charge in [0.1, 0.15) is 0 Å². The highest BCUT2D eigenvalue weighted by Gasteiger charge is 2.51. The van der Waals surface area contributed by atoms with Gasteiger partial charge in [-0.25, -0.2) is 0 Å². The summed E-state index contributed by atoms with van der Waals surface area (Å²) in [6.07, 6.45) is 0. The molecule has 0 fully saturated rings. The summed E-state index contributed by atoms with van der Waals surface area (Å²) in [5.41, 5.74) is 10.2. The molecule has 0 spiro atoms. The molecule has 0 aromatic heterocycles. The third-order valence-electron chi connectivity index (χ3n) is 9.29. The first-order chi connectivity index (χ1) is 19.8. The van der Waals surface area contributed by atoms with Gasteiger partial charge >= 0.3 is 0 Å². The Morgan fingerprint density at radius 1 is 0.415 bits per heavy atom. The monoisotopic (exact) mass is 550 g/mol. The van der Waals surface area contributed by atoms with Crippen molar-refractivity contribution >= 4 is 23.6 Å². The molecular weight excluding hydrogens is 509 g/mol. The van der Waals surface area contributed by atoms with Crippen LogP contribution < -0.4 is 15.6 Å². The quantitative estimate of drug-likeness (QED) is 0.140. The number of benzene rings is 5. The van der Waals surface area contributed by atoms with E-state index < -0.39 is 8.07 Å². The van der Waals surface area contributed by atoms with Crippen molar-refractivity contribution in [3.05, 3.63) is 149 Å². The van der Waals surface area contributed by atoms with Gasteiger partial charge in [0.05, 0.1) is 0 Å². The molecule has 0 N–H and O–H groups in total. The van der Waals surface area contributed by atoms with E-state index in [1.165, 1.54) is 54.5 Å². The molecule has 41 heavy (non-hydrogen) atoms. The molecule has 0 bridgehead atoms. The van der Waals surface area contributed by atoms with Crippen LogP contribution in [0.5, 0.6) is 0 Å². The van der Waals surface area contributed by atoms with Crippen molar-refractivity contribution < 1.29 is 0 Å². The summed E-state index contributed by atoms with van der Waals surface area (Å²) in [5, 5.41) is 4.51. The highest BCUT2D eigenvalue weighted by Crippen LogP contribution is 2.48. The van der Waals surface area contributed by atoms with Crippen LogP contribution in [0, 0.1) is 0 Å². The Kier molecular flexibility index (Phi) is 7.34. The minimum atomic E-state index is -2.73. The lowest BCUT2D eigenvalue weighted by Gasteiger charge is -2.41. The Morgan fingerprint density at radius 3 is 1.10 bits per heavy atom. The SMILES string of the molecule is CC(C)c1cccc([Si](c2cccc(C(C)C)c2)(c2cccc(C(C)C)c2)C2c3ccccc3-c3ccccc32)c1. The summed E-state index contributed by atoms with van der Waals surface area (Å²) in [4.78, 5) is 0. The van der Waals surface area contributed by atoms with Crippen LogP contribution in [-0.2, 0) is 0 Å². The van der Waals surface area contributed by atoms with E-state index >= 15 is 0 Å². The lowest BCUT2D eigenvalue weighted by molar-refractivity contribution is 0.866. The summed E-state index contributed by atoms with van der Waals surface area (Å²) in [7, 11) is -2.73. The zero-order valence-electron chi connectivity index (χ0n) is 25.4. The zero-order valence-corrected chi connectivity index (χ0v) is 26.4. The second-order valence-corrected chi connectivity index (χ2v) is 16.7. The molecule has 1 heteroatoms. The third kappa shape index (κ3) is 4.61. The fourth-order valence-corrected chi connectivity index (χ4v) is 12.7. The fraction of sp³-hybridized carbons (Fsp3) is 0.250. The number of fused-ring (bicyclic) bond motifs is 3. The van der Waals surface area contributed by atoms with Gasteiger partial charge in [-0.1, -0.05) is 163 Å². The van der Waals surface area contributed by atoms with E-state index in [-0.39, 0.29) is 5.54 Å². The molecule has 0 heterocycles. The lowest BCUT2D eigenvalue weighted by atomic mass is 10.0. The molecule has 0 atom stereocenters. The van der Waals surface area contributed by atoms with E-state index in [4.69, 9.17) is 0 Å². The van der Waals surface area contributed by atoms with Gasteiger partial charge in [0.25, 0.3) is 0 Å². The van der Waals surface area contributed by atoms with Crippen molar-refractivity contribution in [2.75, 3.05) is 0 Å². The maximum absolute atomic E-state index is 2.73. The van der Waals surface area contributed by atoms with E-state index in [1.807, 2.05) is 0 Å². The van der Waals surface area contributed by atoms with Crippen LogP contribution >= 0.6 is 0 Å². The van der Waals surface area contributed by atoms with Crippen molar-refractivity contribution in [1.82, 2.24) is 0 Å². The molecule has 1 aliphatic rings. The maximum atomic E-state index is 2.56. The molecule has 206 valence electrons. The van der Waals surface area contributed by atoms with Crippen LogP contribution in [0.25, 0.3) is 11.1 Å². The Labute approximate surface area is 248 Å². The van der Waals surface area contributed by atoms with Crippen LogP contribution in [0.1, 0.15) is 92.7 Å². The summed E-state index contributed by atoms with van der Waals surface area (Å²) in [6, 6.07) is 47.3. The molecular formula is C40H42Si. The van der Waals surface area contributed by atoms with Crippen LogP contribution in [0.2, 0.25) is 0 Å². The average molecular weight is 551 g/mol. The van der Waals surface area contributed by atoms with Crippen LogP contribution in [0.3, 0.4) is 0 Å². The van der Waals surface area contributed by atoms with Gasteiger partial charge in [-0.15, -0.1) is 0 Å². The van der Waals surface area contributed by atoms with Crippen molar-refractivity contribution in [1.29, 1.82) is 0 Å². The zero-order chi connectivity index (χ0) is 28.7. The largest absolute Gasteiger partial charge is 0.159 e. The maximum Gasteiger partial charge on any atom is 0.159 e. The number of rotatable bonds is 7. The van der Waals surface area contributed by atoms with Gasteiger partial charge in [-0.3, -0.25) is 0 Å². The first kappa shape index (κ1) is 27.5. The number of hydrogen-bond acceptors (Lipinski definition) is 0. The van der Waals surface area contributed by atoms with Gasteiger partial charge in [0, 0.05) is 5.54 Å². The predicted octanol–water partition coefficient (Wildman–Crippen LogP) is 8.88. The van der Waals surface area contributed by atoms with E-state index in [0.29, 0.717) is 17.8 Å². The summed E-state index contributed by atoms with van der Waals surface area (Å²) >= 11 is 0. The third-order valence-corrected chi connectivity index (χ3v) is 14.4. The second-order valence-electron chi connectivity index (χ2n) is 12.8. The van der Waals surface area contributed by atoms with E-state index in [9.17, 15) is 0 Å². The minimum absolute atomic E-state index is 0.266. The Balaban J connectivity index is 1.81. The molecule has 0 saturated carbocycles. The normalized spacial score (nSPS) is 13.2. The fourth-order valence-electron chi connectivity index (χ4n) is 7.05. The smallest absolute Gasteiger partial charge is 0.0622 e. The lowest BCUT2D eigenvalue weighted by Crippen LogP contribution is -2.71. The van der Waals surface area contributed by atoms with Crippen molar-refractivity contribution in [2.24, 2.45) is 0 Å². The highest BCUT2D eigenvalue weighted by atomic mass is 28.3. The van der Waals surface area contributed by atoms with E-state index in [1.54, 1.807) is 0 Å². The summed E-state index contributed by atoms with van der Waals surface area (Å²) < 4.78 is 0. The molecule has 5 aromatic carbocycles. The first-order valence-corrected chi connectivity index (χ1v) is 17.4. The Hall–Kier alpha value is -3.68. The van der Waals surface area contributed by atoms with E-state index in [2.05, 4.69) is 163 Å². The van der Waals surface area contributed by atoms with Crippen molar-refractivity contribution in [3.8, 4) is 11.1 Å². The molecule has 0 amide bonds. The van der Waals surface area contributed by atoms with Crippen molar-refractivity contribution in [3.63, 3.8) is 0 Å². The summed E-state index contributed by atoms with van der Waals surface area (Å²) in [5.74, 6) is 1.40. The predicted molar refractivity (Wildman–Crippen MR) is 180 cm³/mol. The van der Waals surface area contributed by atoms with Crippen LogP contribution in [0.4, 0.5) is 0 Å². The second kappa shape index (κ2) is 11.0. The van der Waals surface area contributed by atoms with Crippen LogP contribution in [-0.4, -0.2) is 8.07 Å². The summed E-state index contributed by atoms with van der Waals surface area (Å²) in [6.45, 7) is 13.9. The number of hydrogen-bond donors (Lipinski definition) is 0. The average Bonchev–Trinajstić information content (AvgIpc) is 3.33. The van der Waals surface area contributed by atoms with E-state index in [0.717, 1.165) is 0 Å². The van der Waals surface area contributed by atoms with Crippen LogP contribution in [0.15, 0.2) is 121 Å². The molecule has 0 saturated heterocycles. The topological polar surface area (TPSA) is 0 Å². The van der Waals surface area contributed by atoms with Gasteiger partial charge in [0.15, 0.2) is 8.07 Å². The minimum Gasteiger partial charge on any atom is -0.0622 e. The molecule has 6 rings (SSSR count). The van der Waals surface area contributed by atoms with Gasteiger partial charge in [0.2, 0.25) is 0 Å². The molecule has 5 aromatic rings.